The molecular weight excluding hydrogens is 322 g/mol. The molecule has 1 aliphatic carbocycles. The first kappa shape index (κ1) is 17.6. The van der Waals surface area contributed by atoms with Crippen LogP contribution in [0.15, 0.2) is 18.2 Å². The van der Waals surface area contributed by atoms with Gasteiger partial charge >= 0.3 is 5.97 Å². The first-order chi connectivity index (χ1) is 12.2. The molecule has 3 rings (SSSR count). The number of esters is 1. The van der Waals surface area contributed by atoms with Crippen LogP contribution >= 0.6 is 0 Å². The third kappa shape index (κ3) is 3.72. The van der Waals surface area contributed by atoms with E-state index in [1.165, 1.54) is 0 Å². The molecule has 0 aromatic heterocycles. The van der Waals surface area contributed by atoms with E-state index >= 15 is 0 Å². The molecular formula is C19H25NO5. The van der Waals surface area contributed by atoms with Crippen molar-refractivity contribution in [1.82, 2.24) is 5.32 Å². The lowest BCUT2D eigenvalue weighted by atomic mass is 9.78. The van der Waals surface area contributed by atoms with E-state index in [2.05, 4.69) is 5.32 Å². The minimum atomic E-state index is -0.694. The maximum atomic E-state index is 12.8. The molecule has 1 aliphatic heterocycles. The predicted molar refractivity (Wildman–Crippen MR) is 91.8 cm³/mol. The van der Waals surface area contributed by atoms with E-state index in [9.17, 15) is 9.59 Å². The van der Waals surface area contributed by atoms with Crippen molar-refractivity contribution < 1.29 is 23.8 Å². The van der Waals surface area contributed by atoms with Gasteiger partial charge in [0.1, 0.15) is 13.2 Å². The Morgan fingerprint density at radius 2 is 1.88 bits per heavy atom. The van der Waals surface area contributed by atoms with Crippen LogP contribution in [0.3, 0.4) is 0 Å². The zero-order valence-corrected chi connectivity index (χ0v) is 14.6. The van der Waals surface area contributed by atoms with E-state index in [4.69, 9.17) is 14.2 Å². The summed E-state index contributed by atoms with van der Waals surface area (Å²) in [6.45, 7) is 3.37. The molecule has 1 fully saturated rings. The topological polar surface area (TPSA) is 73.9 Å². The second-order valence-corrected chi connectivity index (χ2v) is 6.57. The minimum absolute atomic E-state index is 0.231. The number of carbonyl (C=O) groups excluding carboxylic acids is 2. The summed E-state index contributed by atoms with van der Waals surface area (Å²) in [5, 5.41) is 2.72. The van der Waals surface area contributed by atoms with Gasteiger partial charge in [-0.15, -0.1) is 0 Å². The van der Waals surface area contributed by atoms with E-state index in [1.807, 2.05) is 25.1 Å². The molecule has 0 spiro atoms. The average molecular weight is 347 g/mol. The molecule has 1 heterocycles. The van der Waals surface area contributed by atoms with Crippen LogP contribution in [0.1, 0.15) is 44.6 Å². The summed E-state index contributed by atoms with van der Waals surface area (Å²) < 4.78 is 16.6. The summed E-state index contributed by atoms with van der Waals surface area (Å²) in [5.74, 6) is 0.790. The van der Waals surface area contributed by atoms with Gasteiger partial charge in [0.25, 0.3) is 5.91 Å². The molecule has 0 unspecified atom stereocenters. The third-order valence-electron chi connectivity index (χ3n) is 4.85. The van der Waals surface area contributed by atoms with E-state index in [0.717, 1.165) is 37.7 Å². The van der Waals surface area contributed by atoms with Gasteiger partial charge in [0.2, 0.25) is 0 Å². The summed E-state index contributed by atoms with van der Waals surface area (Å²) in [6, 6.07) is 5.65. The third-order valence-corrected chi connectivity index (χ3v) is 4.85. The Kier molecular flexibility index (Phi) is 5.46. The zero-order valence-electron chi connectivity index (χ0n) is 14.6. The first-order valence-electron chi connectivity index (χ1n) is 9.00. The molecule has 0 atom stereocenters. The number of ether oxygens (including phenoxy) is 3. The number of amides is 1. The lowest BCUT2D eigenvalue weighted by Crippen LogP contribution is -2.38. The van der Waals surface area contributed by atoms with Crippen LogP contribution in [-0.4, -0.2) is 38.2 Å². The standard InChI is InChI=1S/C19H25NO5/c1-2-9-20-17(21)13-25-18(22)19(7-3-4-8-19)14-5-6-15-16(12-14)24-11-10-23-15/h5-6,12H,2-4,7-11,13H2,1H3,(H,20,21). The Morgan fingerprint density at radius 3 is 2.60 bits per heavy atom. The Labute approximate surface area is 147 Å². The Bertz CT molecular complexity index is 637. The fraction of sp³-hybridized carbons (Fsp3) is 0.579. The second-order valence-electron chi connectivity index (χ2n) is 6.57. The van der Waals surface area contributed by atoms with Gasteiger partial charge in [-0.25, -0.2) is 0 Å². The highest BCUT2D eigenvalue weighted by Crippen LogP contribution is 2.45. The number of benzene rings is 1. The highest BCUT2D eigenvalue weighted by Gasteiger charge is 2.45. The van der Waals surface area contributed by atoms with E-state index in [1.54, 1.807) is 0 Å². The molecule has 136 valence electrons. The zero-order chi connectivity index (χ0) is 17.7. The van der Waals surface area contributed by atoms with Crippen molar-refractivity contribution in [1.29, 1.82) is 0 Å². The molecule has 2 aliphatic rings. The van der Waals surface area contributed by atoms with E-state index < -0.39 is 5.41 Å². The van der Waals surface area contributed by atoms with Crippen LogP contribution in [0.5, 0.6) is 11.5 Å². The molecule has 0 radical (unpaired) electrons. The van der Waals surface area contributed by atoms with Crippen LogP contribution < -0.4 is 14.8 Å². The number of rotatable bonds is 6. The van der Waals surface area contributed by atoms with Gasteiger partial charge in [-0.2, -0.15) is 0 Å². The fourth-order valence-corrected chi connectivity index (χ4v) is 3.51. The van der Waals surface area contributed by atoms with Gasteiger partial charge in [-0.05, 0) is 37.0 Å². The van der Waals surface area contributed by atoms with Crippen LogP contribution in [0.4, 0.5) is 0 Å². The quantitative estimate of drug-likeness (QED) is 0.800. The maximum absolute atomic E-state index is 12.8. The molecule has 1 aromatic carbocycles. The van der Waals surface area contributed by atoms with Crippen LogP contribution in [0.25, 0.3) is 0 Å². The Balaban J connectivity index is 1.75. The number of nitrogens with one attached hydrogen (secondary N) is 1. The summed E-state index contributed by atoms with van der Waals surface area (Å²) in [5.41, 5.74) is 0.189. The lowest BCUT2D eigenvalue weighted by Gasteiger charge is -2.28. The van der Waals surface area contributed by atoms with Gasteiger partial charge in [0, 0.05) is 6.54 Å². The largest absolute Gasteiger partial charge is 0.486 e. The van der Waals surface area contributed by atoms with Crippen LogP contribution in [-0.2, 0) is 19.7 Å². The average Bonchev–Trinajstić information content (AvgIpc) is 3.15. The molecule has 6 heteroatoms. The first-order valence-corrected chi connectivity index (χ1v) is 9.00. The smallest absolute Gasteiger partial charge is 0.317 e. The van der Waals surface area contributed by atoms with Crippen molar-refractivity contribution in [2.75, 3.05) is 26.4 Å². The van der Waals surface area contributed by atoms with Crippen molar-refractivity contribution in [2.45, 2.75) is 44.4 Å². The highest BCUT2D eigenvalue weighted by atomic mass is 16.6. The number of fused-ring (bicyclic) bond motifs is 1. The molecule has 0 bridgehead atoms. The molecule has 1 amide bonds. The maximum Gasteiger partial charge on any atom is 0.317 e. The van der Waals surface area contributed by atoms with Crippen molar-refractivity contribution in [3.8, 4) is 11.5 Å². The minimum Gasteiger partial charge on any atom is -0.486 e. The highest BCUT2D eigenvalue weighted by molar-refractivity contribution is 5.87. The molecule has 1 aromatic rings. The van der Waals surface area contributed by atoms with Gasteiger partial charge in [0.05, 0.1) is 5.41 Å². The summed E-state index contributed by atoms with van der Waals surface area (Å²) in [7, 11) is 0. The molecule has 1 saturated carbocycles. The van der Waals surface area contributed by atoms with Gasteiger partial charge < -0.3 is 19.5 Å². The summed E-state index contributed by atoms with van der Waals surface area (Å²) >= 11 is 0. The number of hydrogen-bond donors (Lipinski definition) is 1. The molecule has 0 saturated heterocycles. The van der Waals surface area contributed by atoms with E-state index in [-0.39, 0.29) is 18.5 Å². The Morgan fingerprint density at radius 1 is 1.16 bits per heavy atom. The number of hydrogen-bond acceptors (Lipinski definition) is 5. The molecule has 1 N–H and O–H groups in total. The predicted octanol–water partition coefficient (Wildman–Crippen LogP) is 2.34. The molecule has 6 nitrogen and oxygen atoms in total. The van der Waals surface area contributed by atoms with Crippen molar-refractivity contribution in [3.63, 3.8) is 0 Å². The van der Waals surface area contributed by atoms with Crippen LogP contribution in [0, 0.1) is 0 Å². The van der Waals surface area contributed by atoms with Crippen LogP contribution in [0.2, 0.25) is 0 Å². The van der Waals surface area contributed by atoms with E-state index in [0.29, 0.717) is 31.3 Å². The monoisotopic (exact) mass is 347 g/mol. The van der Waals surface area contributed by atoms with Crippen molar-refractivity contribution in [2.24, 2.45) is 0 Å². The van der Waals surface area contributed by atoms with Gasteiger partial charge in [-0.1, -0.05) is 25.8 Å². The van der Waals surface area contributed by atoms with Gasteiger partial charge in [0.15, 0.2) is 18.1 Å². The number of carbonyl (C=O) groups is 2. The second kappa shape index (κ2) is 7.76. The normalized spacial score (nSPS) is 17.8. The fourth-order valence-electron chi connectivity index (χ4n) is 3.51. The summed E-state index contributed by atoms with van der Waals surface area (Å²) in [6.07, 6.45) is 4.22. The SMILES string of the molecule is CCCNC(=O)COC(=O)C1(c2ccc3c(c2)OCCO3)CCCC1. The van der Waals surface area contributed by atoms with Crippen molar-refractivity contribution in [3.05, 3.63) is 23.8 Å². The van der Waals surface area contributed by atoms with Gasteiger partial charge in [-0.3, -0.25) is 9.59 Å². The Hall–Kier alpha value is -2.24. The summed E-state index contributed by atoms with van der Waals surface area (Å²) in [4.78, 5) is 24.6. The van der Waals surface area contributed by atoms with Crippen molar-refractivity contribution >= 4 is 11.9 Å². The lowest BCUT2D eigenvalue weighted by molar-refractivity contribution is -0.154. The molecule has 25 heavy (non-hydrogen) atoms.